The molecule has 2 amide bonds. The topological polar surface area (TPSA) is 108 Å². The smallest absolute Gasteiger partial charge is 0.410 e. The molecule has 0 atom stereocenters. The number of amides is 2. The minimum Gasteiger partial charge on any atom is -0.410 e. The number of carbonyl (C=O) groups is 2. The second-order valence-electron chi connectivity index (χ2n) is 7.59. The molecule has 0 fully saturated rings. The van der Waals surface area contributed by atoms with Crippen molar-refractivity contribution in [3.63, 3.8) is 0 Å². The van der Waals surface area contributed by atoms with Crippen LogP contribution in [-0.4, -0.2) is 76.9 Å². The highest BCUT2D eigenvalue weighted by Crippen LogP contribution is 2.24. The van der Waals surface area contributed by atoms with Crippen molar-refractivity contribution in [1.29, 1.82) is 0 Å². The van der Waals surface area contributed by atoms with E-state index in [1.165, 1.54) is 14.1 Å². The van der Waals surface area contributed by atoms with Crippen LogP contribution >= 0.6 is 0 Å². The van der Waals surface area contributed by atoms with Crippen molar-refractivity contribution in [3.05, 3.63) is 47.5 Å². The lowest BCUT2D eigenvalue weighted by Gasteiger charge is -2.07. The van der Waals surface area contributed by atoms with E-state index < -0.39 is 12.2 Å². The highest BCUT2D eigenvalue weighted by Gasteiger charge is 2.04. The molecular formula is C24H34N6O4. The minimum atomic E-state index is -0.478. The molecule has 0 saturated heterocycles. The molecule has 34 heavy (non-hydrogen) atoms. The SMILES string of the molecule is CNC(=O)Oc1ccc(N=CN(C)C)c(C)c1.CNC(=O)Oc1ccc(N=CN(C)C)c(C)c1. The highest BCUT2D eigenvalue weighted by molar-refractivity contribution is 5.71. The predicted molar refractivity (Wildman–Crippen MR) is 136 cm³/mol. The second-order valence-corrected chi connectivity index (χ2v) is 7.59. The number of carbonyl (C=O) groups excluding carboxylic acids is 2. The maximum atomic E-state index is 11.0. The fourth-order valence-electron chi connectivity index (χ4n) is 2.34. The summed E-state index contributed by atoms with van der Waals surface area (Å²) in [6.07, 6.45) is 2.49. The van der Waals surface area contributed by atoms with E-state index in [9.17, 15) is 9.59 Å². The molecule has 0 radical (unpaired) electrons. The van der Waals surface area contributed by atoms with E-state index in [1.807, 2.05) is 64.0 Å². The first kappa shape index (κ1) is 28.0. The lowest BCUT2D eigenvalue weighted by Crippen LogP contribution is -2.22. The quantitative estimate of drug-likeness (QED) is 0.490. The fourth-order valence-corrected chi connectivity index (χ4v) is 2.34. The highest BCUT2D eigenvalue weighted by atomic mass is 16.6. The van der Waals surface area contributed by atoms with Crippen LogP contribution in [0.1, 0.15) is 11.1 Å². The molecule has 2 N–H and O–H groups in total. The van der Waals surface area contributed by atoms with Gasteiger partial charge < -0.3 is 29.9 Å². The van der Waals surface area contributed by atoms with Crippen LogP contribution in [0.15, 0.2) is 46.4 Å². The third-order valence-electron chi connectivity index (χ3n) is 4.02. The van der Waals surface area contributed by atoms with Crippen LogP contribution in [0, 0.1) is 13.8 Å². The molecule has 2 aromatic carbocycles. The molecule has 0 aliphatic rings. The van der Waals surface area contributed by atoms with Crippen molar-refractivity contribution >= 4 is 36.2 Å². The van der Waals surface area contributed by atoms with Gasteiger partial charge in [-0.1, -0.05) is 0 Å². The Bertz CT molecular complexity index is 937. The molecule has 0 bridgehead atoms. The fraction of sp³-hybridized carbons (Fsp3) is 0.333. The predicted octanol–water partition coefficient (Wildman–Crippen LogP) is 3.87. The van der Waals surface area contributed by atoms with Gasteiger partial charge in [0.05, 0.1) is 24.1 Å². The molecule has 0 unspecified atom stereocenters. The van der Waals surface area contributed by atoms with E-state index in [-0.39, 0.29) is 0 Å². The van der Waals surface area contributed by atoms with Crippen LogP contribution in [0.4, 0.5) is 21.0 Å². The summed E-state index contributed by atoms with van der Waals surface area (Å²) in [5, 5.41) is 4.78. The van der Waals surface area contributed by atoms with Gasteiger partial charge in [-0.2, -0.15) is 0 Å². The summed E-state index contributed by atoms with van der Waals surface area (Å²) < 4.78 is 10.0. The maximum Gasteiger partial charge on any atom is 0.412 e. The van der Waals surface area contributed by atoms with Gasteiger partial charge in [-0.15, -0.1) is 0 Å². The Morgan fingerprint density at radius 2 is 1.09 bits per heavy atom. The molecule has 184 valence electrons. The third-order valence-corrected chi connectivity index (χ3v) is 4.02. The van der Waals surface area contributed by atoms with Crippen LogP contribution in [-0.2, 0) is 0 Å². The van der Waals surface area contributed by atoms with Crippen LogP contribution in [0.3, 0.4) is 0 Å². The van der Waals surface area contributed by atoms with Crippen molar-refractivity contribution in [2.24, 2.45) is 9.98 Å². The number of aliphatic imine (C=N–C) groups is 2. The number of nitrogens with one attached hydrogen (secondary N) is 2. The number of aryl methyl sites for hydroxylation is 2. The number of ether oxygens (including phenoxy) is 2. The van der Waals surface area contributed by atoms with Gasteiger partial charge in [0.25, 0.3) is 0 Å². The number of rotatable bonds is 6. The summed E-state index contributed by atoms with van der Waals surface area (Å²) in [6.45, 7) is 3.83. The summed E-state index contributed by atoms with van der Waals surface area (Å²) in [6, 6.07) is 10.6. The molecule has 10 heteroatoms. The van der Waals surface area contributed by atoms with Crippen molar-refractivity contribution in [2.45, 2.75) is 13.8 Å². The summed E-state index contributed by atoms with van der Waals surface area (Å²) in [5.74, 6) is 1.01. The zero-order valence-electron chi connectivity index (χ0n) is 21.0. The number of hydrogen-bond acceptors (Lipinski definition) is 6. The van der Waals surface area contributed by atoms with E-state index >= 15 is 0 Å². The molecule has 10 nitrogen and oxygen atoms in total. The lowest BCUT2D eigenvalue weighted by atomic mass is 10.2. The van der Waals surface area contributed by atoms with Crippen LogP contribution in [0.5, 0.6) is 11.5 Å². The van der Waals surface area contributed by atoms with Gasteiger partial charge in [0.2, 0.25) is 0 Å². The Labute approximate surface area is 201 Å². The molecule has 0 aromatic heterocycles. The second kappa shape index (κ2) is 14.1. The first-order valence-electron chi connectivity index (χ1n) is 10.5. The largest absolute Gasteiger partial charge is 0.412 e. The minimum absolute atomic E-state index is 0.478. The number of hydrogen-bond donors (Lipinski definition) is 2. The summed E-state index contributed by atoms with van der Waals surface area (Å²) in [5.41, 5.74) is 3.60. The molecule has 2 rings (SSSR count). The standard InChI is InChI=1S/2C12H17N3O2/c2*1-9-7-10(17-12(16)13-2)5-6-11(9)14-8-15(3)4/h2*5-8H,1-4H3,(H,13,16). The van der Waals surface area contributed by atoms with E-state index in [2.05, 4.69) is 20.6 Å². The molecule has 0 aliphatic heterocycles. The van der Waals surface area contributed by atoms with E-state index in [4.69, 9.17) is 9.47 Å². The van der Waals surface area contributed by atoms with E-state index in [1.54, 1.807) is 36.9 Å². The zero-order chi connectivity index (χ0) is 25.7. The Balaban J connectivity index is 0.000000340. The van der Waals surface area contributed by atoms with Crippen molar-refractivity contribution < 1.29 is 19.1 Å². The van der Waals surface area contributed by atoms with Crippen molar-refractivity contribution in [2.75, 3.05) is 42.3 Å². The Morgan fingerprint density at radius 1 is 0.735 bits per heavy atom. The monoisotopic (exact) mass is 470 g/mol. The molecule has 0 aliphatic carbocycles. The Kier molecular flexibility index (Phi) is 11.6. The molecule has 0 heterocycles. The average Bonchev–Trinajstić information content (AvgIpc) is 2.78. The molecule has 0 saturated carbocycles. The first-order valence-corrected chi connectivity index (χ1v) is 10.5. The molecule has 2 aromatic rings. The Hall–Kier alpha value is -4.08. The molecule has 0 spiro atoms. The van der Waals surface area contributed by atoms with Crippen LogP contribution < -0.4 is 20.1 Å². The normalized spacial score (nSPS) is 10.4. The van der Waals surface area contributed by atoms with Gasteiger partial charge in [0.1, 0.15) is 11.5 Å². The summed E-state index contributed by atoms with van der Waals surface area (Å²) in [4.78, 5) is 34.3. The van der Waals surface area contributed by atoms with Crippen LogP contribution in [0.2, 0.25) is 0 Å². The number of nitrogens with zero attached hydrogens (tertiary/aromatic N) is 4. The number of benzene rings is 2. The van der Waals surface area contributed by atoms with Crippen LogP contribution in [0.25, 0.3) is 0 Å². The average molecular weight is 471 g/mol. The Morgan fingerprint density at radius 3 is 1.35 bits per heavy atom. The van der Waals surface area contributed by atoms with E-state index in [0.717, 1.165) is 22.5 Å². The van der Waals surface area contributed by atoms with Gasteiger partial charge in [-0.3, -0.25) is 0 Å². The molecular weight excluding hydrogens is 436 g/mol. The van der Waals surface area contributed by atoms with Gasteiger partial charge in [-0.05, 0) is 61.4 Å². The maximum absolute atomic E-state index is 11.0. The van der Waals surface area contributed by atoms with Gasteiger partial charge in [0, 0.05) is 42.3 Å². The van der Waals surface area contributed by atoms with E-state index in [0.29, 0.717) is 11.5 Å². The van der Waals surface area contributed by atoms with Gasteiger partial charge in [0.15, 0.2) is 0 Å². The van der Waals surface area contributed by atoms with Gasteiger partial charge >= 0.3 is 12.2 Å². The van der Waals surface area contributed by atoms with Crippen molar-refractivity contribution in [3.8, 4) is 11.5 Å². The first-order chi connectivity index (χ1) is 16.0. The summed E-state index contributed by atoms with van der Waals surface area (Å²) in [7, 11) is 10.7. The van der Waals surface area contributed by atoms with Gasteiger partial charge in [-0.25, -0.2) is 19.6 Å². The van der Waals surface area contributed by atoms with Crippen molar-refractivity contribution in [1.82, 2.24) is 20.4 Å². The summed E-state index contributed by atoms with van der Waals surface area (Å²) >= 11 is 0. The third kappa shape index (κ3) is 10.5. The zero-order valence-corrected chi connectivity index (χ0v) is 21.0. The lowest BCUT2D eigenvalue weighted by molar-refractivity contribution is 0.202.